The minimum atomic E-state index is -1.22. The highest BCUT2D eigenvalue weighted by molar-refractivity contribution is 5.70. The highest BCUT2D eigenvalue weighted by Crippen LogP contribution is 2.38. The molecule has 122 valence electrons. The summed E-state index contributed by atoms with van der Waals surface area (Å²) in [5.74, 6) is -1.74. The third-order valence-electron chi connectivity index (χ3n) is 4.78. The number of unbranched alkanes of at least 4 members (excludes halogenated alkanes) is 1. The number of aliphatic carboxylic acids is 1. The number of hydrogen-bond donors (Lipinski definition) is 1. The van der Waals surface area contributed by atoms with Crippen molar-refractivity contribution in [2.75, 3.05) is 0 Å². The molecule has 4 heteroatoms. The summed E-state index contributed by atoms with van der Waals surface area (Å²) in [7, 11) is 0. The minimum Gasteiger partial charge on any atom is -0.481 e. The van der Waals surface area contributed by atoms with Gasteiger partial charge in [-0.1, -0.05) is 26.2 Å². The van der Waals surface area contributed by atoms with Crippen molar-refractivity contribution in [3.63, 3.8) is 0 Å². The molecule has 1 saturated carbocycles. The standard InChI is InChI=1S/C18H24F2O2/c1-2-3-4-12-5-7-13(8-6-12)14-9-16(19)15(11-18(21)22)17(20)10-14/h9-10,12-13H,2-8,11H2,1H3,(H,21,22). The Bertz CT molecular complexity index is 497. The van der Waals surface area contributed by atoms with E-state index in [4.69, 9.17) is 5.11 Å². The second-order valence-corrected chi connectivity index (χ2v) is 6.39. The van der Waals surface area contributed by atoms with Crippen molar-refractivity contribution in [2.24, 2.45) is 5.92 Å². The van der Waals surface area contributed by atoms with Crippen LogP contribution in [0.2, 0.25) is 0 Å². The second-order valence-electron chi connectivity index (χ2n) is 6.39. The van der Waals surface area contributed by atoms with Crippen LogP contribution in [0, 0.1) is 17.6 Å². The SMILES string of the molecule is CCCCC1CCC(c2cc(F)c(CC(=O)O)c(F)c2)CC1. The van der Waals surface area contributed by atoms with Gasteiger partial charge in [0.05, 0.1) is 6.42 Å². The molecule has 0 spiro atoms. The number of carboxylic acids is 1. The minimum absolute atomic E-state index is 0.195. The van der Waals surface area contributed by atoms with Crippen LogP contribution >= 0.6 is 0 Å². The van der Waals surface area contributed by atoms with E-state index in [0.29, 0.717) is 5.56 Å². The fraction of sp³-hybridized carbons (Fsp3) is 0.611. The van der Waals surface area contributed by atoms with Crippen molar-refractivity contribution >= 4 is 5.97 Å². The van der Waals surface area contributed by atoms with Gasteiger partial charge >= 0.3 is 5.97 Å². The smallest absolute Gasteiger partial charge is 0.308 e. The average Bonchev–Trinajstić information content (AvgIpc) is 2.49. The molecule has 1 aromatic carbocycles. The van der Waals surface area contributed by atoms with Gasteiger partial charge in [0.1, 0.15) is 11.6 Å². The molecule has 0 aliphatic heterocycles. The predicted molar refractivity (Wildman–Crippen MR) is 81.9 cm³/mol. The van der Waals surface area contributed by atoms with Gasteiger partial charge < -0.3 is 5.11 Å². The summed E-state index contributed by atoms with van der Waals surface area (Å²) < 4.78 is 27.9. The van der Waals surface area contributed by atoms with Crippen LogP contribution in [0.1, 0.15) is 68.9 Å². The van der Waals surface area contributed by atoms with Crippen LogP contribution in [-0.4, -0.2) is 11.1 Å². The maximum atomic E-state index is 14.0. The lowest BCUT2D eigenvalue weighted by Crippen LogP contribution is -2.14. The first kappa shape index (κ1) is 16.9. The highest BCUT2D eigenvalue weighted by atomic mass is 19.1. The van der Waals surface area contributed by atoms with Gasteiger partial charge in [-0.25, -0.2) is 8.78 Å². The number of halogens is 2. The molecule has 1 fully saturated rings. The number of carbonyl (C=O) groups is 1. The summed E-state index contributed by atoms with van der Waals surface area (Å²) in [5, 5.41) is 8.70. The second kappa shape index (κ2) is 7.70. The first-order valence-corrected chi connectivity index (χ1v) is 8.20. The molecule has 22 heavy (non-hydrogen) atoms. The quantitative estimate of drug-likeness (QED) is 0.797. The lowest BCUT2D eigenvalue weighted by Gasteiger charge is -2.29. The van der Waals surface area contributed by atoms with E-state index in [2.05, 4.69) is 6.92 Å². The molecule has 2 nitrogen and oxygen atoms in total. The number of rotatable bonds is 6. The first-order chi connectivity index (χ1) is 10.5. The molecule has 0 radical (unpaired) electrons. The molecule has 0 bridgehead atoms. The molecule has 1 N–H and O–H groups in total. The summed E-state index contributed by atoms with van der Waals surface area (Å²) in [6.07, 6.45) is 7.27. The fourth-order valence-corrected chi connectivity index (χ4v) is 3.46. The Morgan fingerprint density at radius 2 is 1.77 bits per heavy atom. The Kier molecular flexibility index (Phi) is 5.92. The molecule has 0 saturated heterocycles. The Balaban J connectivity index is 2.03. The van der Waals surface area contributed by atoms with E-state index < -0.39 is 24.0 Å². The van der Waals surface area contributed by atoms with E-state index >= 15 is 0 Å². The molecule has 0 heterocycles. The van der Waals surface area contributed by atoms with Crippen LogP contribution in [0.3, 0.4) is 0 Å². The monoisotopic (exact) mass is 310 g/mol. The van der Waals surface area contributed by atoms with Crippen molar-refractivity contribution in [1.82, 2.24) is 0 Å². The van der Waals surface area contributed by atoms with Crippen molar-refractivity contribution in [3.05, 3.63) is 34.9 Å². The summed E-state index contributed by atoms with van der Waals surface area (Å²) in [4.78, 5) is 10.6. The zero-order valence-electron chi connectivity index (χ0n) is 13.1. The van der Waals surface area contributed by atoms with Gasteiger partial charge in [-0.05, 0) is 55.2 Å². The Morgan fingerprint density at radius 3 is 2.27 bits per heavy atom. The maximum absolute atomic E-state index is 14.0. The Labute approximate surface area is 130 Å². The number of hydrogen-bond acceptors (Lipinski definition) is 1. The molecular formula is C18H24F2O2. The Hall–Kier alpha value is -1.45. The average molecular weight is 310 g/mol. The van der Waals surface area contributed by atoms with E-state index in [1.54, 1.807) is 0 Å². The van der Waals surface area contributed by atoms with Crippen molar-refractivity contribution in [3.8, 4) is 0 Å². The Morgan fingerprint density at radius 1 is 1.18 bits per heavy atom. The molecule has 1 aromatic rings. The first-order valence-electron chi connectivity index (χ1n) is 8.20. The molecule has 2 rings (SSSR count). The van der Waals surface area contributed by atoms with Crippen LogP contribution in [0.15, 0.2) is 12.1 Å². The summed E-state index contributed by atoms with van der Waals surface area (Å²) in [6, 6.07) is 2.66. The normalized spacial score (nSPS) is 21.8. The molecular weight excluding hydrogens is 286 g/mol. The number of benzene rings is 1. The molecule has 1 aliphatic carbocycles. The fourth-order valence-electron chi connectivity index (χ4n) is 3.46. The van der Waals surface area contributed by atoms with Gasteiger partial charge in [0.25, 0.3) is 0 Å². The molecule has 0 amide bonds. The van der Waals surface area contributed by atoms with E-state index in [9.17, 15) is 13.6 Å². The van der Waals surface area contributed by atoms with Gasteiger partial charge in [0.2, 0.25) is 0 Å². The molecule has 0 unspecified atom stereocenters. The summed E-state index contributed by atoms with van der Waals surface area (Å²) in [5.41, 5.74) is 0.339. The van der Waals surface area contributed by atoms with Crippen molar-refractivity contribution in [2.45, 2.75) is 64.2 Å². The van der Waals surface area contributed by atoms with Gasteiger partial charge in [0, 0.05) is 5.56 Å². The van der Waals surface area contributed by atoms with E-state index in [1.807, 2.05) is 0 Å². The molecule has 1 aliphatic rings. The van der Waals surface area contributed by atoms with Crippen LogP contribution in [0.4, 0.5) is 8.78 Å². The number of carboxylic acid groups (broad SMARTS) is 1. The zero-order chi connectivity index (χ0) is 16.1. The van der Waals surface area contributed by atoms with Crippen LogP contribution < -0.4 is 0 Å². The maximum Gasteiger partial charge on any atom is 0.308 e. The lowest BCUT2D eigenvalue weighted by molar-refractivity contribution is -0.136. The zero-order valence-corrected chi connectivity index (χ0v) is 13.1. The van der Waals surface area contributed by atoms with E-state index in [0.717, 1.165) is 31.6 Å². The van der Waals surface area contributed by atoms with Crippen LogP contribution in [0.5, 0.6) is 0 Å². The molecule has 0 atom stereocenters. The summed E-state index contributed by atoms with van der Waals surface area (Å²) >= 11 is 0. The third-order valence-corrected chi connectivity index (χ3v) is 4.78. The molecule has 0 aromatic heterocycles. The van der Waals surface area contributed by atoms with Gasteiger partial charge in [-0.2, -0.15) is 0 Å². The largest absolute Gasteiger partial charge is 0.481 e. The van der Waals surface area contributed by atoms with E-state index in [1.165, 1.54) is 31.4 Å². The highest BCUT2D eigenvalue weighted by Gasteiger charge is 2.24. The van der Waals surface area contributed by atoms with Crippen LogP contribution in [0.25, 0.3) is 0 Å². The van der Waals surface area contributed by atoms with Gasteiger partial charge in [-0.15, -0.1) is 0 Å². The van der Waals surface area contributed by atoms with E-state index in [-0.39, 0.29) is 11.5 Å². The van der Waals surface area contributed by atoms with Crippen LogP contribution in [-0.2, 0) is 11.2 Å². The lowest BCUT2D eigenvalue weighted by atomic mass is 9.77. The van der Waals surface area contributed by atoms with Crippen molar-refractivity contribution in [1.29, 1.82) is 0 Å². The van der Waals surface area contributed by atoms with Gasteiger partial charge in [0.15, 0.2) is 0 Å². The summed E-state index contributed by atoms with van der Waals surface area (Å²) in [6.45, 7) is 2.19. The topological polar surface area (TPSA) is 37.3 Å². The predicted octanol–water partition coefficient (Wildman–Crippen LogP) is 5.06. The third kappa shape index (κ3) is 4.28. The van der Waals surface area contributed by atoms with Crippen molar-refractivity contribution < 1.29 is 18.7 Å². The van der Waals surface area contributed by atoms with Gasteiger partial charge in [-0.3, -0.25) is 4.79 Å².